The topological polar surface area (TPSA) is 261 Å². The van der Waals surface area contributed by atoms with Gasteiger partial charge in [-0.15, -0.1) is 0 Å². The lowest BCUT2D eigenvalue weighted by atomic mass is 9.95. The second-order valence-electron chi connectivity index (χ2n) is 9.41. The Labute approximate surface area is 267 Å². The van der Waals surface area contributed by atoms with Gasteiger partial charge in [0.25, 0.3) is 0 Å². The molecule has 0 aromatic heterocycles. The fraction of sp³-hybridized carbons (Fsp3) is 0.731. The van der Waals surface area contributed by atoms with Crippen LogP contribution in [0.25, 0.3) is 10.4 Å². The first-order valence-electron chi connectivity index (χ1n) is 15.9. The molecule has 0 aromatic rings. The summed E-state index contributed by atoms with van der Waals surface area (Å²) in [5.74, 6) is -7.68. The van der Waals surface area contributed by atoms with Crippen LogP contribution in [0.3, 0.4) is 0 Å². The number of hydrogen-bond donors (Lipinski definition) is 0. The van der Waals surface area contributed by atoms with Gasteiger partial charge in [-0.1, -0.05) is 5.11 Å². The third kappa shape index (κ3) is 11.1. The Morgan fingerprint density at radius 3 is 1.59 bits per heavy atom. The molecule has 2 fully saturated rings. The Morgan fingerprint density at radius 1 is 0.609 bits per heavy atom. The third-order valence-corrected chi connectivity index (χ3v) is 5.92. The van der Waals surface area contributed by atoms with E-state index in [2.05, 4.69) is 10.0 Å². The molecule has 2 aliphatic rings. The number of azide groups is 1. The molecule has 0 aromatic carbocycles. The molecule has 0 bridgehead atoms. The number of esters is 7. The van der Waals surface area contributed by atoms with Gasteiger partial charge in [-0.05, 0) is 5.53 Å². The van der Waals surface area contributed by atoms with Crippen molar-refractivity contribution in [1.82, 2.24) is 0 Å². The van der Waals surface area contributed by atoms with Gasteiger partial charge in [0.2, 0.25) is 0 Å². The van der Waals surface area contributed by atoms with E-state index in [-0.39, 0.29) is 0 Å². The minimum atomic E-state index is -2.06. The highest BCUT2D eigenvalue weighted by atomic mass is 16.8. The maximum Gasteiger partial charge on any atom is 0.303 e. The average Bonchev–Trinajstić information content (AvgIpc) is 3.06. The number of rotatable bonds is 12. The van der Waals surface area contributed by atoms with Crippen LogP contribution in [0, 0.1) is 0 Å². The van der Waals surface area contributed by atoms with Crippen molar-refractivity contribution in [2.45, 2.75) is 110 Å². The number of hydrogen-bond acceptors (Lipinski definition) is 18. The summed E-state index contributed by atoms with van der Waals surface area (Å²) in [6, 6.07) is 0. The zero-order valence-electron chi connectivity index (χ0n) is 28.8. The van der Waals surface area contributed by atoms with Crippen molar-refractivity contribution in [3.05, 3.63) is 10.4 Å². The molecular weight excluding hydrogens is 626 g/mol. The first kappa shape index (κ1) is 31.5. The van der Waals surface area contributed by atoms with E-state index in [0.29, 0.717) is 0 Å². The summed E-state index contributed by atoms with van der Waals surface area (Å²) in [7, 11) is 0. The lowest BCUT2D eigenvalue weighted by Gasteiger charge is -2.48. The number of carbonyl (C=O) groups is 7. The van der Waals surface area contributed by atoms with Crippen LogP contribution < -0.4 is 0 Å². The predicted octanol–water partition coefficient (Wildman–Crippen LogP) is -0.0836. The van der Waals surface area contributed by atoms with E-state index in [4.69, 9.17) is 58.4 Å². The van der Waals surface area contributed by atoms with Crippen LogP contribution in [-0.2, 0) is 80.9 Å². The van der Waals surface area contributed by atoms with Crippen LogP contribution in [0.1, 0.15) is 53.9 Å². The molecule has 256 valence electrons. The highest BCUT2D eigenvalue weighted by Crippen LogP contribution is 2.35. The molecular formula is C26H35N3O17. The summed E-state index contributed by atoms with van der Waals surface area (Å²) in [4.78, 5) is 87.9. The van der Waals surface area contributed by atoms with Crippen LogP contribution in [0.2, 0.25) is 0 Å². The van der Waals surface area contributed by atoms with Crippen molar-refractivity contribution in [2.75, 3.05) is 13.2 Å². The number of carbonyl (C=O) groups excluding carboxylic acids is 7. The van der Waals surface area contributed by atoms with Crippen LogP contribution in [0.4, 0.5) is 0 Å². The molecule has 0 saturated carbocycles. The average molecular weight is 666 g/mol. The summed E-state index contributed by atoms with van der Waals surface area (Å²) in [6.07, 6.45) is -18.1. The van der Waals surface area contributed by atoms with E-state index < -0.39 is 144 Å². The molecule has 20 nitrogen and oxygen atoms in total. The van der Waals surface area contributed by atoms with Gasteiger partial charge in [-0.25, -0.2) is 0 Å². The first-order chi connectivity index (χ1) is 23.7. The Morgan fingerprint density at radius 2 is 1.07 bits per heavy atom. The fourth-order valence-corrected chi connectivity index (χ4v) is 4.49. The fourth-order valence-electron chi connectivity index (χ4n) is 4.49. The summed E-state index contributed by atoms with van der Waals surface area (Å²) in [5.41, 5.74) is 9.15. The second kappa shape index (κ2) is 17.2. The van der Waals surface area contributed by atoms with Gasteiger partial charge >= 0.3 is 41.8 Å². The molecule has 46 heavy (non-hydrogen) atoms. The van der Waals surface area contributed by atoms with E-state index in [0.717, 1.165) is 20.8 Å². The number of ether oxygens (including phenoxy) is 10. The van der Waals surface area contributed by atoms with E-state index in [1.165, 1.54) is 0 Å². The van der Waals surface area contributed by atoms with Crippen molar-refractivity contribution in [3.63, 3.8) is 0 Å². The second-order valence-corrected chi connectivity index (χ2v) is 9.41. The van der Waals surface area contributed by atoms with Crippen molar-refractivity contribution >= 4 is 41.8 Å². The van der Waals surface area contributed by atoms with E-state index >= 15 is 0 Å². The molecule has 1 unspecified atom stereocenters. The quantitative estimate of drug-likeness (QED) is 0.0867. The van der Waals surface area contributed by atoms with Crippen LogP contribution in [-0.4, -0.2) is 116 Å². The number of nitrogens with zero attached hydrogens (tertiary/aromatic N) is 3. The summed E-state index contributed by atoms with van der Waals surface area (Å²) < 4.78 is 83.7. The van der Waals surface area contributed by atoms with E-state index in [9.17, 15) is 33.6 Å². The maximum absolute atomic E-state index is 12.5. The molecule has 2 aliphatic heterocycles. The summed E-state index contributed by atoms with van der Waals surface area (Å²) >= 11 is 0. The lowest BCUT2D eigenvalue weighted by molar-refractivity contribution is -0.344. The smallest absolute Gasteiger partial charge is 0.303 e. The molecule has 2 rings (SSSR count). The lowest BCUT2D eigenvalue weighted by Crippen LogP contribution is -2.67. The molecule has 0 N–H and O–H groups in total. The van der Waals surface area contributed by atoms with Gasteiger partial charge in [0, 0.05) is 58.8 Å². The Hall–Kier alpha value is -4.52. The highest BCUT2D eigenvalue weighted by molar-refractivity contribution is 5.69. The Kier molecular flexibility index (Phi) is 11.8. The van der Waals surface area contributed by atoms with Crippen molar-refractivity contribution in [2.24, 2.45) is 5.11 Å². The SMILES string of the molecule is [2H]CC(=O)OC[C@H]1OC(O[C@H]2[C@H](OC(C)=O)[C@@H](OC(C)=O)[C@H](N=[N+]=[N-])O[C@@H]2COC(C)=O)[C@H](OC(=O)C[2H])[C@@H](OC(=O)C[2H])[C@H]1OC(=O)C[2H]. The third-order valence-electron chi connectivity index (χ3n) is 5.92. The zero-order chi connectivity index (χ0) is 37.5. The molecule has 10 atom stereocenters. The largest absolute Gasteiger partial charge is 0.463 e. The standard InChI is InChI=1S/C26H35N3O17/c1-10(30)37-8-17-20(21(40-13(4)33)23(42-15(6)35)25(44-17)28-29-27)46-26-24(43-16(7)36)22(41-14(5)34)19(39-12(3)32)18(45-26)9-38-11(2)31/h17-26H,8-9H2,1-7H3/t17-,18-,19+,20-,21+,22+,23-,24-,25-,26?/m1/s1/i2D,3D,5D,7D. The Balaban J connectivity index is 2.79. The summed E-state index contributed by atoms with van der Waals surface area (Å²) in [5, 5.41) is 3.43. The molecule has 0 aliphatic carbocycles. The van der Waals surface area contributed by atoms with Crippen LogP contribution >= 0.6 is 0 Å². The van der Waals surface area contributed by atoms with Gasteiger partial charge in [0.05, 0.1) is 0 Å². The van der Waals surface area contributed by atoms with Gasteiger partial charge in [0.1, 0.15) is 31.5 Å². The van der Waals surface area contributed by atoms with Gasteiger partial charge in [-0.3, -0.25) is 33.6 Å². The molecule has 2 heterocycles. The summed E-state index contributed by atoms with van der Waals surface area (Å²) in [6.45, 7) is -2.46. The van der Waals surface area contributed by atoms with E-state index in [1.807, 2.05) is 0 Å². The molecule has 2 saturated heterocycles. The zero-order valence-corrected chi connectivity index (χ0v) is 24.8. The monoisotopic (exact) mass is 665 g/mol. The normalized spacial score (nSPS) is 31.5. The molecule has 0 spiro atoms. The Bertz CT molecular complexity index is 1300. The van der Waals surface area contributed by atoms with Crippen LogP contribution in [0.5, 0.6) is 0 Å². The first-order valence-corrected chi connectivity index (χ1v) is 13.1. The van der Waals surface area contributed by atoms with Crippen molar-refractivity contribution in [3.8, 4) is 0 Å². The maximum atomic E-state index is 12.5. The van der Waals surface area contributed by atoms with Gasteiger partial charge < -0.3 is 47.4 Å². The van der Waals surface area contributed by atoms with Crippen molar-refractivity contribution in [1.29, 1.82) is 0 Å². The van der Waals surface area contributed by atoms with Gasteiger partial charge in [-0.2, -0.15) is 0 Å². The van der Waals surface area contributed by atoms with E-state index in [1.54, 1.807) is 0 Å². The molecule has 0 radical (unpaired) electrons. The van der Waals surface area contributed by atoms with Crippen molar-refractivity contribution < 1.29 is 86.4 Å². The molecule has 20 heteroatoms. The minimum Gasteiger partial charge on any atom is -0.463 e. The predicted molar refractivity (Wildman–Crippen MR) is 142 cm³/mol. The van der Waals surface area contributed by atoms with Crippen LogP contribution in [0.15, 0.2) is 5.11 Å². The van der Waals surface area contributed by atoms with Gasteiger partial charge in [0.15, 0.2) is 43.0 Å². The molecule has 0 amide bonds. The minimum absolute atomic E-state index is 0.697. The highest BCUT2D eigenvalue weighted by Gasteiger charge is 2.57.